The van der Waals surface area contributed by atoms with Crippen molar-refractivity contribution in [3.05, 3.63) is 28.8 Å². The molecule has 0 aliphatic rings. The molecule has 0 radical (unpaired) electrons. The number of carbonyl (C=O) groups is 2. The van der Waals surface area contributed by atoms with Gasteiger partial charge in [-0.3, -0.25) is 4.79 Å². The van der Waals surface area contributed by atoms with E-state index in [1.807, 2.05) is 0 Å². The molecular formula is C12H15ClN2O3. The number of nitrogens with zero attached hydrogens (tertiary/aromatic N) is 1. The van der Waals surface area contributed by atoms with E-state index >= 15 is 0 Å². The molecule has 1 aromatic carbocycles. The van der Waals surface area contributed by atoms with Crippen LogP contribution in [0.5, 0.6) is 0 Å². The fourth-order valence-corrected chi connectivity index (χ4v) is 1.68. The summed E-state index contributed by atoms with van der Waals surface area (Å²) in [7, 11) is 1.62. The van der Waals surface area contributed by atoms with Gasteiger partial charge < -0.3 is 15.7 Å². The number of anilines is 1. The monoisotopic (exact) mass is 270 g/mol. The first-order chi connectivity index (χ1) is 8.17. The lowest BCUT2D eigenvalue weighted by Gasteiger charge is -2.34. The highest BCUT2D eigenvalue weighted by atomic mass is 35.5. The minimum absolute atomic E-state index is 0.281. The Labute approximate surface area is 110 Å². The number of carboxylic acid groups (broad SMARTS) is 1. The second-order valence-electron chi connectivity index (χ2n) is 4.45. The number of nitrogens with two attached hydrogens (primary N) is 1. The van der Waals surface area contributed by atoms with Crippen LogP contribution in [0.2, 0.25) is 5.02 Å². The minimum Gasteiger partial charge on any atom is -0.480 e. The van der Waals surface area contributed by atoms with Crippen molar-refractivity contribution < 1.29 is 14.7 Å². The van der Waals surface area contributed by atoms with Crippen LogP contribution in [0.4, 0.5) is 5.69 Å². The van der Waals surface area contributed by atoms with E-state index in [1.54, 1.807) is 27.0 Å². The molecule has 6 heteroatoms. The average Bonchev–Trinajstić information content (AvgIpc) is 2.27. The summed E-state index contributed by atoms with van der Waals surface area (Å²) in [6, 6.07) is 4.51. The molecule has 0 spiro atoms. The molecule has 0 heterocycles. The number of halogens is 1. The molecule has 0 bridgehead atoms. The second kappa shape index (κ2) is 4.86. The zero-order valence-corrected chi connectivity index (χ0v) is 11.2. The maximum Gasteiger partial charge on any atom is 0.328 e. The summed E-state index contributed by atoms with van der Waals surface area (Å²) in [5.74, 6) is -1.55. The van der Waals surface area contributed by atoms with Crippen LogP contribution in [-0.4, -0.2) is 29.6 Å². The molecule has 98 valence electrons. The summed E-state index contributed by atoms with van der Waals surface area (Å²) in [5.41, 5.74) is 4.83. The van der Waals surface area contributed by atoms with E-state index in [0.29, 0.717) is 5.69 Å². The number of hydrogen-bond donors (Lipinski definition) is 2. The number of amides is 1. The van der Waals surface area contributed by atoms with Gasteiger partial charge in [0.15, 0.2) is 0 Å². The molecule has 0 fully saturated rings. The molecule has 0 unspecified atom stereocenters. The van der Waals surface area contributed by atoms with Crippen molar-refractivity contribution in [3.8, 4) is 0 Å². The summed E-state index contributed by atoms with van der Waals surface area (Å²) in [5, 5.41) is 9.43. The maximum atomic E-state index is 11.2. The first kappa shape index (κ1) is 14.3. The first-order valence-corrected chi connectivity index (χ1v) is 5.62. The van der Waals surface area contributed by atoms with Crippen molar-refractivity contribution in [1.82, 2.24) is 0 Å². The van der Waals surface area contributed by atoms with E-state index in [1.165, 1.54) is 17.0 Å². The van der Waals surface area contributed by atoms with Gasteiger partial charge in [-0.25, -0.2) is 4.79 Å². The highest BCUT2D eigenvalue weighted by molar-refractivity contribution is 6.33. The van der Waals surface area contributed by atoms with E-state index in [0.717, 1.165) is 0 Å². The molecule has 1 rings (SSSR count). The van der Waals surface area contributed by atoms with Gasteiger partial charge in [-0.05, 0) is 32.0 Å². The minimum atomic E-state index is -1.11. The fraction of sp³-hybridized carbons (Fsp3) is 0.333. The SMILES string of the molecule is CN(c1ccc(C(N)=O)cc1Cl)C(C)(C)C(=O)O. The zero-order chi connectivity index (χ0) is 14.1. The molecule has 0 aromatic heterocycles. The van der Waals surface area contributed by atoms with Crippen LogP contribution in [0.25, 0.3) is 0 Å². The Kier molecular flexibility index (Phi) is 3.86. The van der Waals surface area contributed by atoms with Crippen LogP contribution >= 0.6 is 11.6 Å². The number of carboxylic acids is 1. The van der Waals surface area contributed by atoms with Crippen LogP contribution in [0, 0.1) is 0 Å². The average molecular weight is 271 g/mol. The van der Waals surface area contributed by atoms with Crippen LogP contribution < -0.4 is 10.6 Å². The van der Waals surface area contributed by atoms with Crippen molar-refractivity contribution in [3.63, 3.8) is 0 Å². The number of benzene rings is 1. The van der Waals surface area contributed by atoms with Gasteiger partial charge in [0.25, 0.3) is 0 Å². The van der Waals surface area contributed by atoms with Gasteiger partial charge in [0.05, 0.1) is 10.7 Å². The molecule has 0 aliphatic heterocycles. The Bertz CT molecular complexity index is 500. The van der Waals surface area contributed by atoms with Crippen molar-refractivity contribution in [1.29, 1.82) is 0 Å². The zero-order valence-electron chi connectivity index (χ0n) is 10.4. The Hall–Kier alpha value is -1.75. The van der Waals surface area contributed by atoms with E-state index in [-0.39, 0.29) is 10.6 Å². The first-order valence-electron chi connectivity index (χ1n) is 5.24. The lowest BCUT2D eigenvalue weighted by Crippen LogP contribution is -2.48. The summed E-state index contributed by atoms with van der Waals surface area (Å²) in [4.78, 5) is 23.7. The molecule has 1 amide bonds. The standard InChI is InChI=1S/C12H15ClN2O3/c1-12(2,11(17)18)15(3)9-5-4-7(10(14)16)6-8(9)13/h4-6H,1-3H3,(H2,14,16)(H,17,18). The van der Waals surface area contributed by atoms with E-state index in [4.69, 9.17) is 22.4 Å². The van der Waals surface area contributed by atoms with Crippen LogP contribution in [0.3, 0.4) is 0 Å². The summed E-state index contributed by atoms with van der Waals surface area (Å²) in [6.45, 7) is 3.13. The third kappa shape index (κ3) is 2.56. The number of rotatable bonds is 4. The largest absolute Gasteiger partial charge is 0.480 e. The van der Waals surface area contributed by atoms with E-state index < -0.39 is 17.4 Å². The predicted molar refractivity (Wildman–Crippen MR) is 70.1 cm³/mol. The molecule has 1 aromatic rings. The number of primary amides is 1. The molecule has 18 heavy (non-hydrogen) atoms. The lowest BCUT2D eigenvalue weighted by molar-refractivity contribution is -0.142. The van der Waals surface area contributed by atoms with Crippen molar-refractivity contribution in [2.45, 2.75) is 19.4 Å². The van der Waals surface area contributed by atoms with Gasteiger partial charge >= 0.3 is 5.97 Å². The Morgan fingerprint density at radius 2 is 1.94 bits per heavy atom. The lowest BCUT2D eigenvalue weighted by atomic mass is 10.0. The Morgan fingerprint density at radius 1 is 1.39 bits per heavy atom. The predicted octanol–water partition coefficient (Wildman–Crippen LogP) is 1.74. The molecular weight excluding hydrogens is 256 g/mol. The van der Waals surface area contributed by atoms with Gasteiger partial charge in [-0.1, -0.05) is 11.6 Å². The molecule has 0 aliphatic carbocycles. The Morgan fingerprint density at radius 3 is 2.33 bits per heavy atom. The van der Waals surface area contributed by atoms with E-state index in [9.17, 15) is 9.59 Å². The fourth-order valence-electron chi connectivity index (χ4n) is 1.38. The van der Waals surface area contributed by atoms with Gasteiger partial charge in [-0.2, -0.15) is 0 Å². The molecule has 0 atom stereocenters. The summed E-state index contributed by atoms with van der Waals surface area (Å²) >= 11 is 6.04. The van der Waals surface area contributed by atoms with Gasteiger partial charge in [0.2, 0.25) is 5.91 Å². The molecule has 5 nitrogen and oxygen atoms in total. The maximum absolute atomic E-state index is 11.2. The number of aliphatic carboxylic acids is 1. The number of likely N-dealkylation sites (N-methyl/N-ethyl adjacent to an activating group) is 1. The quantitative estimate of drug-likeness (QED) is 0.873. The Balaban J connectivity index is 3.19. The van der Waals surface area contributed by atoms with Gasteiger partial charge in [-0.15, -0.1) is 0 Å². The second-order valence-corrected chi connectivity index (χ2v) is 4.86. The topological polar surface area (TPSA) is 83.6 Å². The third-order valence-corrected chi connectivity index (χ3v) is 3.26. The summed E-state index contributed by atoms with van der Waals surface area (Å²) in [6.07, 6.45) is 0. The van der Waals surface area contributed by atoms with Crippen LogP contribution in [0.15, 0.2) is 18.2 Å². The smallest absolute Gasteiger partial charge is 0.328 e. The highest BCUT2D eigenvalue weighted by Crippen LogP contribution is 2.30. The molecule has 0 saturated heterocycles. The van der Waals surface area contributed by atoms with Crippen molar-refractivity contribution in [2.75, 3.05) is 11.9 Å². The molecule has 0 saturated carbocycles. The number of carbonyl (C=O) groups excluding carboxylic acids is 1. The van der Waals surface area contributed by atoms with Gasteiger partial charge in [0, 0.05) is 12.6 Å². The number of hydrogen-bond acceptors (Lipinski definition) is 3. The van der Waals surface area contributed by atoms with Crippen LogP contribution in [-0.2, 0) is 4.79 Å². The van der Waals surface area contributed by atoms with Crippen LogP contribution in [0.1, 0.15) is 24.2 Å². The van der Waals surface area contributed by atoms with E-state index in [2.05, 4.69) is 0 Å². The highest BCUT2D eigenvalue weighted by Gasteiger charge is 2.33. The molecule has 3 N–H and O–H groups in total. The normalized spacial score (nSPS) is 11.1. The summed E-state index contributed by atoms with van der Waals surface area (Å²) < 4.78 is 0. The van der Waals surface area contributed by atoms with Crippen molar-refractivity contribution >= 4 is 29.2 Å². The van der Waals surface area contributed by atoms with Gasteiger partial charge in [0.1, 0.15) is 5.54 Å². The third-order valence-electron chi connectivity index (χ3n) is 2.96. The van der Waals surface area contributed by atoms with Crippen molar-refractivity contribution in [2.24, 2.45) is 5.73 Å².